The highest BCUT2D eigenvalue weighted by Crippen LogP contribution is 2.31. The number of rotatable bonds is 4. The predicted octanol–water partition coefficient (Wildman–Crippen LogP) is 0.956. The third-order valence-electron chi connectivity index (χ3n) is 2.95. The van der Waals surface area contributed by atoms with Gasteiger partial charge < -0.3 is 15.3 Å². The summed E-state index contributed by atoms with van der Waals surface area (Å²) in [5.41, 5.74) is 0. The van der Waals surface area contributed by atoms with Crippen molar-refractivity contribution in [3.05, 3.63) is 0 Å². The molecular weight excluding hydrogens is 228 g/mol. The summed E-state index contributed by atoms with van der Waals surface area (Å²) in [6.07, 6.45) is 3.56. The molecule has 1 aliphatic heterocycles. The van der Waals surface area contributed by atoms with Gasteiger partial charge in [0.05, 0.1) is 5.88 Å². The lowest BCUT2D eigenvalue weighted by atomic mass is 10.3. The summed E-state index contributed by atoms with van der Waals surface area (Å²) in [6.45, 7) is 0.664. The first-order valence-corrected chi connectivity index (χ1v) is 6.69. The molecule has 0 unspecified atom stereocenters. The lowest BCUT2D eigenvalue weighted by molar-refractivity contribution is -0.140. The molecule has 0 aromatic rings. The fraction of sp³-hybridized carbons (Fsp3) is 0.800. The maximum Gasteiger partial charge on any atom is 0.327 e. The van der Waals surface area contributed by atoms with Crippen LogP contribution in [0.3, 0.4) is 0 Å². The highest BCUT2D eigenvalue weighted by molar-refractivity contribution is 7.99. The van der Waals surface area contributed by atoms with Crippen molar-refractivity contribution >= 4 is 23.8 Å². The molecule has 16 heavy (non-hydrogen) atoms. The molecular formula is C10H16N2O3S. The van der Waals surface area contributed by atoms with E-state index in [9.17, 15) is 9.59 Å². The molecule has 1 atom stereocenters. The van der Waals surface area contributed by atoms with Crippen molar-refractivity contribution in [1.82, 2.24) is 10.2 Å². The van der Waals surface area contributed by atoms with Gasteiger partial charge in [-0.25, -0.2) is 9.59 Å². The molecule has 5 nitrogen and oxygen atoms in total. The number of nitrogens with one attached hydrogen (secondary N) is 1. The van der Waals surface area contributed by atoms with Crippen LogP contribution in [-0.2, 0) is 4.79 Å². The van der Waals surface area contributed by atoms with Crippen molar-refractivity contribution in [2.45, 2.75) is 25.3 Å². The number of thioether (sulfide) groups is 1. The third-order valence-corrected chi connectivity index (χ3v) is 3.97. The Morgan fingerprint density at radius 3 is 2.81 bits per heavy atom. The van der Waals surface area contributed by atoms with Crippen LogP contribution in [0.5, 0.6) is 0 Å². The van der Waals surface area contributed by atoms with E-state index < -0.39 is 12.0 Å². The second kappa shape index (κ2) is 4.95. The van der Waals surface area contributed by atoms with Crippen LogP contribution in [0.15, 0.2) is 0 Å². The van der Waals surface area contributed by atoms with Crippen molar-refractivity contribution < 1.29 is 14.7 Å². The van der Waals surface area contributed by atoms with E-state index in [1.54, 1.807) is 0 Å². The van der Waals surface area contributed by atoms with Crippen LogP contribution in [0.1, 0.15) is 19.3 Å². The minimum Gasteiger partial charge on any atom is -0.480 e. The number of carboxylic acid groups (broad SMARTS) is 1. The quantitative estimate of drug-likeness (QED) is 0.772. The van der Waals surface area contributed by atoms with Gasteiger partial charge in [0.2, 0.25) is 0 Å². The van der Waals surface area contributed by atoms with Gasteiger partial charge in [0.25, 0.3) is 0 Å². The lowest BCUT2D eigenvalue weighted by Gasteiger charge is -2.20. The van der Waals surface area contributed by atoms with E-state index in [1.165, 1.54) is 29.5 Å². The van der Waals surface area contributed by atoms with Gasteiger partial charge in [-0.05, 0) is 12.3 Å². The van der Waals surface area contributed by atoms with E-state index in [-0.39, 0.29) is 6.03 Å². The molecule has 90 valence electrons. The number of carbonyl (C=O) groups excluding carboxylic acids is 1. The van der Waals surface area contributed by atoms with Crippen LogP contribution in [-0.4, -0.2) is 46.2 Å². The Bertz CT molecular complexity index is 294. The molecule has 0 bridgehead atoms. The SMILES string of the molecule is O=C(O)[C@@H]1CSCN1C(=O)NCCC1CC1. The number of hydrogen-bond donors (Lipinski definition) is 2. The van der Waals surface area contributed by atoms with Gasteiger partial charge in [0.1, 0.15) is 6.04 Å². The molecule has 2 N–H and O–H groups in total. The average molecular weight is 244 g/mol. The summed E-state index contributed by atoms with van der Waals surface area (Å²) in [7, 11) is 0. The number of nitrogens with zero attached hydrogens (tertiary/aromatic N) is 1. The molecule has 2 fully saturated rings. The summed E-state index contributed by atoms with van der Waals surface area (Å²) < 4.78 is 0. The van der Waals surface area contributed by atoms with E-state index >= 15 is 0 Å². The van der Waals surface area contributed by atoms with Gasteiger partial charge in [0.15, 0.2) is 0 Å². The summed E-state index contributed by atoms with van der Waals surface area (Å²) >= 11 is 1.48. The average Bonchev–Trinajstić information content (AvgIpc) is 2.93. The first-order valence-electron chi connectivity index (χ1n) is 5.53. The molecule has 1 saturated heterocycles. The van der Waals surface area contributed by atoms with Crippen LogP contribution < -0.4 is 5.32 Å². The maximum atomic E-state index is 11.7. The molecule has 0 aromatic heterocycles. The predicted molar refractivity (Wildman–Crippen MR) is 61.3 cm³/mol. The van der Waals surface area contributed by atoms with Crippen LogP contribution in [0, 0.1) is 5.92 Å². The molecule has 1 saturated carbocycles. The van der Waals surface area contributed by atoms with Crippen LogP contribution >= 0.6 is 11.8 Å². The summed E-state index contributed by atoms with van der Waals surface area (Å²) in [4.78, 5) is 24.0. The van der Waals surface area contributed by atoms with E-state index in [0.29, 0.717) is 18.2 Å². The highest BCUT2D eigenvalue weighted by atomic mass is 32.2. The molecule has 0 radical (unpaired) electrons. The Balaban J connectivity index is 1.75. The summed E-state index contributed by atoms with van der Waals surface area (Å²) in [6, 6.07) is -0.899. The Labute approximate surface area is 98.6 Å². The fourth-order valence-corrected chi connectivity index (χ4v) is 2.88. The summed E-state index contributed by atoms with van der Waals surface area (Å²) in [5.74, 6) is 0.836. The van der Waals surface area contributed by atoms with Gasteiger partial charge in [-0.2, -0.15) is 0 Å². The van der Waals surface area contributed by atoms with Crippen LogP contribution in [0.2, 0.25) is 0 Å². The van der Waals surface area contributed by atoms with Gasteiger partial charge in [-0.3, -0.25) is 0 Å². The van der Waals surface area contributed by atoms with Gasteiger partial charge in [-0.15, -0.1) is 11.8 Å². The van der Waals surface area contributed by atoms with Crippen molar-refractivity contribution in [3.63, 3.8) is 0 Å². The minimum atomic E-state index is -0.914. The van der Waals surface area contributed by atoms with Crippen molar-refractivity contribution in [1.29, 1.82) is 0 Å². The van der Waals surface area contributed by atoms with E-state index in [1.807, 2.05) is 0 Å². The zero-order valence-electron chi connectivity index (χ0n) is 9.02. The van der Waals surface area contributed by atoms with E-state index in [0.717, 1.165) is 12.3 Å². The van der Waals surface area contributed by atoms with E-state index in [4.69, 9.17) is 5.11 Å². The Hall–Kier alpha value is -0.910. The first kappa shape index (κ1) is 11.6. The van der Waals surface area contributed by atoms with Crippen molar-refractivity contribution in [2.75, 3.05) is 18.2 Å². The highest BCUT2D eigenvalue weighted by Gasteiger charge is 2.34. The van der Waals surface area contributed by atoms with Crippen molar-refractivity contribution in [2.24, 2.45) is 5.92 Å². The molecule has 2 aliphatic rings. The Kier molecular flexibility index (Phi) is 3.58. The first-order chi connectivity index (χ1) is 7.68. The second-order valence-corrected chi connectivity index (χ2v) is 5.29. The van der Waals surface area contributed by atoms with E-state index in [2.05, 4.69) is 5.32 Å². The van der Waals surface area contributed by atoms with Gasteiger partial charge >= 0.3 is 12.0 Å². The lowest BCUT2D eigenvalue weighted by Crippen LogP contribution is -2.47. The zero-order chi connectivity index (χ0) is 11.5. The fourth-order valence-electron chi connectivity index (χ4n) is 1.74. The van der Waals surface area contributed by atoms with Crippen LogP contribution in [0.25, 0.3) is 0 Å². The van der Waals surface area contributed by atoms with Crippen LogP contribution in [0.4, 0.5) is 4.79 Å². The van der Waals surface area contributed by atoms with Gasteiger partial charge in [0, 0.05) is 12.3 Å². The molecule has 0 aromatic carbocycles. The monoisotopic (exact) mass is 244 g/mol. The Morgan fingerprint density at radius 1 is 1.44 bits per heavy atom. The molecule has 1 aliphatic carbocycles. The molecule has 6 heteroatoms. The largest absolute Gasteiger partial charge is 0.480 e. The smallest absolute Gasteiger partial charge is 0.327 e. The Morgan fingerprint density at radius 2 is 2.19 bits per heavy atom. The standard InChI is InChI=1S/C10H16N2O3S/c13-9(14)8-5-16-6-12(8)10(15)11-4-3-7-1-2-7/h7-8H,1-6H2,(H,11,15)(H,13,14)/t8-/m0/s1. The number of amides is 2. The number of carboxylic acids is 1. The number of hydrogen-bond acceptors (Lipinski definition) is 3. The normalized spacial score (nSPS) is 24.5. The number of urea groups is 1. The molecule has 2 amide bonds. The molecule has 2 rings (SSSR count). The maximum absolute atomic E-state index is 11.7. The molecule has 1 heterocycles. The number of aliphatic carboxylic acids is 1. The third kappa shape index (κ3) is 2.81. The topological polar surface area (TPSA) is 69.6 Å². The van der Waals surface area contributed by atoms with Gasteiger partial charge in [-0.1, -0.05) is 12.8 Å². The molecule has 0 spiro atoms. The minimum absolute atomic E-state index is 0.238. The number of carbonyl (C=O) groups is 2. The van der Waals surface area contributed by atoms with Crippen molar-refractivity contribution in [3.8, 4) is 0 Å². The second-order valence-electron chi connectivity index (χ2n) is 4.29. The summed E-state index contributed by atoms with van der Waals surface area (Å²) in [5, 5.41) is 11.7. The zero-order valence-corrected chi connectivity index (χ0v) is 9.83.